The molecule has 2 nitrogen and oxygen atoms in total. The molecule has 0 aliphatic heterocycles. The fraction of sp³-hybridized carbons (Fsp3) is 0.611. The Morgan fingerprint density at radius 1 is 1.05 bits per heavy atom. The van der Waals surface area contributed by atoms with Crippen molar-refractivity contribution in [3.05, 3.63) is 35.4 Å². The number of nitrogens with one attached hydrogen (secondary N) is 1. The van der Waals surface area contributed by atoms with Crippen LogP contribution < -0.4 is 5.32 Å². The van der Waals surface area contributed by atoms with Gasteiger partial charge in [0.2, 0.25) is 0 Å². The van der Waals surface area contributed by atoms with Crippen LogP contribution in [0.4, 0.5) is 0 Å². The lowest BCUT2D eigenvalue weighted by molar-refractivity contribution is 0.0949. The Balaban J connectivity index is 2.34. The maximum absolute atomic E-state index is 11.9. The first kappa shape index (κ1) is 16.7. The number of aryl methyl sites for hydroxylation is 1. The maximum Gasteiger partial charge on any atom is 0.251 e. The number of hydrogen-bond donors (Lipinski definition) is 1. The monoisotopic (exact) mass is 275 g/mol. The van der Waals surface area contributed by atoms with Crippen LogP contribution in [0.3, 0.4) is 0 Å². The smallest absolute Gasteiger partial charge is 0.251 e. The van der Waals surface area contributed by atoms with E-state index in [1.807, 2.05) is 12.1 Å². The molecule has 112 valence electrons. The Hall–Kier alpha value is -1.31. The van der Waals surface area contributed by atoms with Crippen LogP contribution in [-0.2, 0) is 6.42 Å². The van der Waals surface area contributed by atoms with Crippen molar-refractivity contribution in [3.8, 4) is 0 Å². The number of amides is 1. The third kappa shape index (κ3) is 6.74. The largest absolute Gasteiger partial charge is 0.352 e. The molecule has 0 aliphatic rings. The molecule has 0 heterocycles. The predicted octanol–water partition coefficient (Wildman–Crippen LogP) is 4.59. The Bertz CT molecular complexity index is 381. The van der Waals surface area contributed by atoms with Gasteiger partial charge in [0.1, 0.15) is 0 Å². The van der Waals surface area contributed by atoms with Crippen LogP contribution in [0.15, 0.2) is 24.3 Å². The summed E-state index contributed by atoms with van der Waals surface area (Å²) in [5.74, 6) is 0.523. The van der Waals surface area contributed by atoms with Gasteiger partial charge in [0.25, 0.3) is 5.91 Å². The second kappa shape index (κ2) is 9.57. The predicted molar refractivity (Wildman–Crippen MR) is 86.1 cm³/mol. The normalized spacial score (nSPS) is 10.8. The van der Waals surface area contributed by atoms with Gasteiger partial charge in [-0.25, -0.2) is 0 Å². The first-order valence-corrected chi connectivity index (χ1v) is 8.00. The quantitative estimate of drug-likeness (QED) is 0.656. The fourth-order valence-corrected chi connectivity index (χ4v) is 2.15. The Kier molecular flexibility index (Phi) is 8.01. The molecule has 1 aromatic rings. The van der Waals surface area contributed by atoms with E-state index in [0.717, 1.165) is 18.5 Å². The first-order valence-electron chi connectivity index (χ1n) is 8.00. The standard InChI is InChI=1S/C18H29NO/c1-4-5-6-7-8-9-16-10-12-17(13-11-16)18(20)19-14-15(2)3/h10-13,15H,4-9,14H2,1-3H3,(H,19,20). The zero-order valence-corrected chi connectivity index (χ0v) is 13.2. The summed E-state index contributed by atoms with van der Waals surface area (Å²) in [5, 5.41) is 2.95. The molecule has 0 aliphatic carbocycles. The maximum atomic E-state index is 11.9. The van der Waals surface area contributed by atoms with Gasteiger partial charge in [-0.3, -0.25) is 4.79 Å². The van der Waals surface area contributed by atoms with Crippen molar-refractivity contribution < 1.29 is 4.79 Å². The molecule has 1 N–H and O–H groups in total. The molecule has 20 heavy (non-hydrogen) atoms. The van der Waals surface area contributed by atoms with Gasteiger partial charge in [0.05, 0.1) is 0 Å². The number of benzene rings is 1. The van der Waals surface area contributed by atoms with E-state index in [9.17, 15) is 4.79 Å². The average molecular weight is 275 g/mol. The van der Waals surface area contributed by atoms with E-state index >= 15 is 0 Å². The number of hydrogen-bond acceptors (Lipinski definition) is 1. The number of rotatable bonds is 9. The molecule has 2 heteroatoms. The summed E-state index contributed by atoms with van der Waals surface area (Å²) in [4.78, 5) is 11.9. The van der Waals surface area contributed by atoms with E-state index in [4.69, 9.17) is 0 Å². The highest BCUT2D eigenvalue weighted by Gasteiger charge is 2.05. The Labute approximate surface area is 124 Å². The molecule has 0 radical (unpaired) electrons. The van der Waals surface area contributed by atoms with E-state index in [0.29, 0.717) is 5.92 Å². The summed E-state index contributed by atoms with van der Waals surface area (Å²) in [5.41, 5.74) is 2.10. The van der Waals surface area contributed by atoms with Crippen molar-refractivity contribution in [1.29, 1.82) is 0 Å². The van der Waals surface area contributed by atoms with Crippen molar-refractivity contribution in [3.63, 3.8) is 0 Å². The van der Waals surface area contributed by atoms with Gasteiger partial charge in [-0.2, -0.15) is 0 Å². The van der Waals surface area contributed by atoms with Gasteiger partial charge < -0.3 is 5.32 Å². The lowest BCUT2D eigenvalue weighted by Crippen LogP contribution is -2.27. The van der Waals surface area contributed by atoms with Crippen molar-refractivity contribution in [2.24, 2.45) is 5.92 Å². The molecule has 0 spiro atoms. The van der Waals surface area contributed by atoms with E-state index < -0.39 is 0 Å². The molecule has 0 unspecified atom stereocenters. The minimum Gasteiger partial charge on any atom is -0.352 e. The van der Waals surface area contributed by atoms with Gasteiger partial charge in [-0.15, -0.1) is 0 Å². The molecular formula is C18H29NO. The van der Waals surface area contributed by atoms with E-state index in [2.05, 4.69) is 38.2 Å². The lowest BCUT2D eigenvalue weighted by atomic mass is 10.0. The summed E-state index contributed by atoms with van der Waals surface area (Å²) in [6.07, 6.45) is 7.66. The van der Waals surface area contributed by atoms with Gasteiger partial charge >= 0.3 is 0 Å². The van der Waals surface area contributed by atoms with Crippen molar-refractivity contribution >= 4 is 5.91 Å². The highest BCUT2D eigenvalue weighted by atomic mass is 16.1. The first-order chi connectivity index (χ1) is 9.63. The molecule has 1 rings (SSSR count). The van der Waals surface area contributed by atoms with Gasteiger partial charge in [0.15, 0.2) is 0 Å². The van der Waals surface area contributed by atoms with Crippen LogP contribution in [-0.4, -0.2) is 12.5 Å². The van der Waals surface area contributed by atoms with Crippen LogP contribution in [0.1, 0.15) is 68.8 Å². The molecule has 0 bridgehead atoms. The van der Waals surface area contributed by atoms with Crippen LogP contribution in [0.2, 0.25) is 0 Å². The van der Waals surface area contributed by atoms with Gasteiger partial charge in [-0.05, 0) is 36.5 Å². The van der Waals surface area contributed by atoms with Crippen molar-refractivity contribution in [1.82, 2.24) is 5.32 Å². The van der Waals surface area contributed by atoms with Crippen molar-refractivity contribution in [2.75, 3.05) is 6.54 Å². The topological polar surface area (TPSA) is 29.1 Å². The molecular weight excluding hydrogens is 246 g/mol. The summed E-state index contributed by atoms with van der Waals surface area (Å²) >= 11 is 0. The van der Waals surface area contributed by atoms with Crippen LogP contribution >= 0.6 is 0 Å². The zero-order valence-electron chi connectivity index (χ0n) is 13.2. The van der Waals surface area contributed by atoms with Crippen LogP contribution in [0, 0.1) is 5.92 Å². The molecule has 0 atom stereocenters. The SMILES string of the molecule is CCCCCCCc1ccc(C(=O)NCC(C)C)cc1. The summed E-state index contributed by atoms with van der Waals surface area (Å²) < 4.78 is 0. The number of unbranched alkanes of at least 4 members (excludes halogenated alkanes) is 4. The molecule has 0 saturated carbocycles. The molecule has 0 aromatic heterocycles. The van der Waals surface area contributed by atoms with Crippen LogP contribution in [0.5, 0.6) is 0 Å². The summed E-state index contributed by atoms with van der Waals surface area (Å²) in [6.45, 7) is 7.17. The average Bonchev–Trinajstić information content (AvgIpc) is 2.45. The highest BCUT2D eigenvalue weighted by molar-refractivity contribution is 5.94. The van der Waals surface area contributed by atoms with Crippen molar-refractivity contribution in [2.45, 2.75) is 59.3 Å². The number of carbonyl (C=O) groups is 1. The Morgan fingerprint density at radius 2 is 1.70 bits per heavy atom. The van der Waals surface area contributed by atoms with E-state index in [-0.39, 0.29) is 5.91 Å². The molecule has 0 saturated heterocycles. The highest BCUT2D eigenvalue weighted by Crippen LogP contribution is 2.10. The minimum atomic E-state index is 0.0354. The summed E-state index contributed by atoms with van der Waals surface area (Å²) in [6, 6.07) is 8.06. The molecule has 1 aromatic carbocycles. The van der Waals surface area contributed by atoms with Crippen LogP contribution in [0.25, 0.3) is 0 Å². The fourth-order valence-electron chi connectivity index (χ4n) is 2.15. The van der Waals surface area contributed by atoms with E-state index in [1.165, 1.54) is 37.7 Å². The summed E-state index contributed by atoms with van der Waals surface area (Å²) in [7, 11) is 0. The third-order valence-corrected chi connectivity index (χ3v) is 3.46. The second-order valence-corrected chi connectivity index (χ2v) is 5.97. The van der Waals surface area contributed by atoms with Gasteiger partial charge in [0, 0.05) is 12.1 Å². The van der Waals surface area contributed by atoms with Gasteiger partial charge in [-0.1, -0.05) is 58.6 Å². The number of carbonyl (C=O) groups excluding carboxylic acids is 1. The lowest BCUT2D eigenvalue weighted by Gasteiger charge is -2.08. The minimum absolute atomic E-state index is 0.0354. The second-order valence-electron chi connectivity index (χ2n) is 5.97. The molecule has 1 amide bonds. The Morgan fingerprint density at radius 3 is 2.30 bits per heavy atom. The molecule has 0 fully saturated rings. The third-order valence-electron chi connectivity index (χ3n) is 3.46. The van der Waals surface area contributed by atoms with E-state index in [1.54, 1.807) is 0 Å². The zero-order chi connectivity index (χ0) is 14.8.